The first-order chi connectivity index (χ1) is 13.2. The standard InChI is InChI=1S/C22H25NO4/c1-25-19-13-17(14-20(26-2)22(19)27-3)9-12-21(24)23(18-10-11-18)15-16-7-5-4-6-8-16/h4-9,12-14,18H,10-11,15H2,1-3H3. The number of nitrogens with zero attached hydrogens (tertiary/aromatic N) is 1. The van der Waals surface area contributed by atoms with Gasteiger partial charge in [-0.05, 0) is 42.2 Å². The van der Waals surface area contributed by atoms with Crippen molar-refractivity contribution in [3.05, 3.63) is 59.7 Å². The molecule has 0 bridgehead atoms. The second kappa shape index (κ2) is 8.62. The maximum absolute atomic E-state index is 12.8. The lowest BCUT2D eigenvalue weighted by Crippen LogP contribution is -2.31. The van der Waals surface area contributed by atoms with Gasteiger partial charge in [-0.2, -0.15) is 0 Å². The maximum Gasteiger partial charge on any atom is 0.247 e. The minimum atomic E-state index is 0.00936. The van der Waals surface area contributed by atoms with Gasteiger partial charge in [0.2, 0.25) is 11.7 Å². The Labute approximate surface area is 160 Å². The Balaban J connectivity index is 1.78. The Kier molecular flexibility index (Phi) is 6.01. The van der Waals surface area contributed by atoms with Crippen LogP contribution in [0.5, 0.6) is 17.2 Å². The first-order valence-electron chi connectivity index (χ1n) is 8.99. The quantitative estimate of drug-likeness (QED) is 0.664. The van der Waals surface area contributed by atoms with Crippen LogP contribution >= 0.6 is 0 Å². The van der Waals surface area contributed by atoms with Crippen molar-refractivity contribution in [3.8, 4) is 17.2 Å². The van der Waals surface area contributed by atoms with Crippen molar-refractivity contribution >= 4 is 12.0 Å². The van der Waals surface area contributed by atoms with Crippen LogP contribution in [0.2, 0.25) is 0 Å². The van der Waals surface area contributed by atoms with E-state index in [1.807, 2.05) is 47.4 Å². The Hall–Kier alpha value is -2.95. The topological polar surface area (TPSA) is 48.0 Å². The van der Waals surface area contributed by atoms with Gasteiger partial charge in [-0.25, -0.2) is 0 Å². The largest absolute Gasteiger partial charge is 0.493 e. The molecule has 0 aliphatic heterocycles. The van der Waals surface area contributed by atoms with Gasteiger partial charge < -0.3 is 19.1 Å². The lowest BCUT2D eigenvalue weighted by atomic mass is 10.1. The Morgan fingerprint density at radius 1 is 1.04 bits per heavy atom. The minimum absolute atomic E-state index is 0.00936. The van der Waals surface area contributed by atoms with E-state index in [9.17, 15) is 4.79 Å². The van der Waals surface area contributed by atoms with Crippen molar-refractivity contribution in [2.24, 2.45) is 0 Å². The molecule has 1 fully saturated rings. The normalized spacial score (nSPS) is 13.4. The number of amides is 1. The predicted octanol–water partition coefficient (Wildman–Crippen LogP) is 3.92. The molecule has 2 aromatic rings. The number of hydrogen-bond donors (Lipinski definition) is 0. The van der Waals surface area contributed by atoms with Gasteiger partial charge in [0, 0.05) is 18.7 Å². The van der Waals surface area contributed by atoms with E-state index in [4.69, 9.17) is 14.2 Å². The highest BCUT2D eigenvalue weighted by Crippen LogP contribution is 2.38. The summed E-state index contributed by atoms with van der Waals surface area (Å²) in [5.41, 5.74) is 1.95. The summed E-state index contributed by atoms with van der Waals surface area (Å²) in [4.78, 5) is 14.7. The SMILES string of the molecule is COc1cc(C=CC(=O)N(Cc2ccccc2)C2CC2)cc(OC)c1OC. The molecule has 0 spiro atoms. The molecule has 1 aliphatic rings. The molecule has 1 saturated carbocycles. The van der Waals surface area contributed by atoms with Gasteiger partial charge in [0.05, 0.1) is 21.3 Å². The molecule has 27 heavy (non-hydrogen) atoms. The van der Waals surface area contributed by atoms with Crippen LogP contribution in [0.3, 0.4) is 0 Å². The zero-order valence-electron chi connectivity index (χ0n) is 16.0. The van der Waals surface area contributed by atoms with Crippen LogP contribution in [0.15, 0.2) is 48.5 Å². The third kappa shape index (κ3) is 4.61. The van der Waals surface area contributed by atoms with Crippen molar-refractivity contribution in [2.45, 2.75) is 25.4 Å². The zero-order valence-corrected chi connectivity index (χ0v) is 16.0. The molecule has 0 heterocycles. The first-order valence-corrected chi connectivity index (χ1v) is 8.99. The van der Waals surface area contributed by atoms with E-state index in [-0.39, 0.29) is 5.91 Å². The summed E-state index contributed by atoms with van der Waals surface area (Å²) >= 11 is 0. The van der Waals surface area contributed by atoms with E-state index < -0.39 is 0 Å². The van der Waals surface area contributed by atoms with Crippen LogP contribution in [0.1, 0.15) is 24.0 Å². The number of benzene rings is 2. The van der Waals surface area contributed by atoms with Gasteiger partial charge in [0.15, 0.2) is 11.5 Å². The summed E-state index contributed by atoms with van der Waals surface area (Å²) < 4.78 is 16.1. The van der Waals surface area contributed by atoms with E-state index in [1.54, 1.807) is 33.5 Å². The fourth-order valence-corrected chi connectivity index (χ4v) is 3.01. The molecule has 3 rings (SSSR count). The van der Waals surface area contributed by atoms with Gasteiger partial charge in [-0.15, -0.1) is 0 Å². The van der Waals surface area contributed by atoms with Crippen LogP contribution in [0.25, 0.3) is 6.08 Å². The summed E-state index contributed by atoms with van der Waals surface area (Å²) in [6.07, 6.45) is 5.53. The summed E-state index contributed by atoms with van der Waals surface area (Å²) in [5, 5.41) is 0. The number of carbonyl (C=O) groups is 1. The van der Waals surface area contributed by atoms with Crippen LogP contribution in [-0.4, -0.2) is 38.2 Å². The average Bonchev–Trinajstić information content (AvgIpc) is 3.55. The molecule has 0 radical (unpaired) electrons. The molecular formula is C22H25NO4. The number of ether oxygens (including phenoxy) is 3. The van der Waals surface area contributed by atoms with Crippen molar-refractivity contribution < 1.29 is 19.0 Å². The van der Waals surface area contributed by atoms with E-state index in [0.29, 0.717) is 29.8 Å². The highest BCUT2D eigenvalue weighted by atomic mass is 16.5. The van der Waals surface area contributed by atoms with Crippen LogP contribution in [0.4, 0.5) is 0 Å². The maximum atomic E-state index is 12.8. The van der Waals surface area contributed by atoms with Crippen molar-refractivity contribution in [3.63, 3.8) is 0 Å². The fourth-order valence-electron chi connectivity index (χ4n) is 3.01. The third-order valence-corrected chi connectivity index (χ3v) is 4.57. The Morgan fingerprint density at radius 3 is 2.19 bits per heavy atom. The molecule has 2 aromatic carbocycles. The number of rotatable bonds is 8. The monoisotopic (exact) mass is 367 g/mol. The molecule has 1 amide bonds. The van der Waals surface area contributed by atoms with E-state index >= 15 is 0 Å². The molecule has 142 valence electrons. The molecule has 0 saturated heterocycles. The van der Waals surface area contributed by atoms with Crippen molar-refractivity contribution in [1.82, 2.24) is 4.90 Å². The van der Waals surface area contributed by atoms with Gasteiger partial charge in [0.1, 0.15) is 0 Å². The van der Waals surface area contributed by atoms with E-state index in [2.05, 4.69) is 0 Å². The molecule has 5 heteroatoms. The number of hydrogen-bond acceptors (Lipinski definition) is 4. The zero-order chi connectivity index (χ0) is 19.2. The Bertz CT molecular complexity index is 787. The summed E-state index contributed by atoms with van der Waals surface area (Å²) in [6.45, 7) is 0.629. The lowest BCUT2D eigenvalue weighted by molar-refractivity contribution is -0.127. The second-order valence-corrected chi connectivity index (χ2v) is 6.47. The molecule has 0 N–H and O–H groups in total. The molecule has 0 atom stereocenters. The van der Waals surface area contributed by atoms with Crippen LogP contribution in [-0.2, 0) is 11.3 Å². The molecule has 5 nitrogen and oxygen atoms in total. The fraction of sp³-hybridized carbons (Fsp3) is 0.318. The van der Waals surface area contributed by atoms with Crippen LogP contribution < -0.4 is 14.2 Å². The van der Waals surface area contributed by atoms with Crippen molar-refractivity contribution in [2.75, 3.05) is 21.3 Å². The van der Waals surface area contributed by atoms with Crippen molar-refractivity contribution in [1.29, 1.82) is 0 Å². The minimum Gasteiger partial charge on any atom is -0.493 e. The highest BCUT2D eigenvalue weighted by Gasteiger charge is 2.31. The van der Waals surface area contributed by atoms with E-state index in [1.165, 1.54) is 0 Å². The summed E-state index contributed by atoms with van der Waals surface area (Å²) in [5.74, 6) is 1.67. The number of methoxy groups -OCH3 is 3. The highest BCUT2D eigenvalue weighted by molar-refractivity contribution is 5.92. The molecule has 0 unspecified atom stereocenters. The summed E-state index contributed by atoms with van der Waals surface area (Å²) in [7, 11) is 4.71. The molecule has 0 aromatic heterocycles. The van der Waals surface area contributed by atoms with Gasteiger partial charge in [-0.3, -0.25) is 4.79 Å². The van der Waals surface area contributed by atoms with Gasteiger partial charge >= 0.3 is 0 Å². The molecular weight excluding hydrogens is 342 g/mol. The molecule has 1 aliphatic carbocycles. The second-order valence-electron chi connectivity index (χ2n) is 6.47. The average molecular weight is 367 g/mol. The first kappa shape index (κ1) is 18.8. The lowest BCUT2D eigenvalue weighted by Gasteiger charge is -2.21. The van der Waals surface area contributed by atoms with E-state index in [0.717, 1.165) is 24.0 Å². The number of carbonyl (C=O) groups excluding carboxylic acids is 1. The summed E-state index contributed by atoms with van der Waals surface area (Å²) in [6, 6.07) is 14.1. The Morgan fingerprint density at radius 2 is 1.67 bits per heavy atom. The van der Waals surface area contributed by atoms with Gasteiger partial charge in [0.25, 0.3) is 0 Å². The predicted molar refractivity (Wildman–Crippen MR) is 105 cm³/mol. The smallest absolute Gasteiger partial charge is 0.247 e. The third-order valence-electron chi connectivity index (χ3n) is 4.57. The van der Waals surface area contributed by atoms with Crippen LogP contribution in [0, 0.1) is 0 Å². The van der Waals surface area contributed by atoms with Gasteiger partial charge in [-0.1, -0.05) is 30.3 Å².